The van der Waals surface area contributed by atoms with E-state index in [1.807, 2.05) is 44.2 Å². The maximum absolute atomic E-state index is 12.4. The highest BCUT2D eigenvalue weighted by molar-refractivity contribution is 5.94. The fourth-order valence-corrected chi connectivity index (χ4v) is 2.75. The van der Waals surface area contributed by atoms with Crippen molar-refractivity contribution in [3.05, 3.63) is 69.6 Å². The lowest BCUT2D eigenvalue weighted by atomic mass is 9.75. The molecule has 2 rings (SSSR count). The van der Waals surface area contributed by atoms with E-state index in [4.69, 9.17) is 0 Å². The van der Waals surface area contributed by atoms with Crippen molar-refractivity contribution >= 4 is 5.91 Å². The SMILES string of the molecule is Cc1cc(C(=O)NCC(c2ccccc2)C(C)(C)CO)cc(=O)[nH]1. The molecular formula is C19H24N2O3. The van der Waals surface area contributed by atoms with Crippen LogP contribution in [0.3, 0.4) is 0 Å². The number of aliphatic hydroxyl groups excluding tert-OH is 1. The van der Waals surface area contributed by atoms with E-state index in [-0.39, 0.29) is 24.0 Å². The molecule has 2 aromatic rings. The lowest BCUT2D eigenvalue weighted by Crippen LogP contribution is -2.37. The molecule has 1 aromatic carbocycles. The number of pyridine rings is 1. The zero-order valence-electron chi connectivity index (χ0n) is 14.3. The van der Waals surface area contributed by atoms with Gasteiger partial charge in [-0.1, -0.05) is 44.2 Å². The number of benzene rings is 1. The molecular weight excluding hydrogens is 304 g/mol. The number of H-pyrrole nitrogens is 1. The van der Waals surface area contributed by atoms with Gasteiger partial charge in [0.2, 0.25) is 5.56 Å². The number of aromatic nitrogens is 1. The topological polar surface area (TPSA) is 82.2 Å². The van der Waals surface area contributed by atoms with Crippen molar-refractivity contribution in [1.29, 1.82) is 0 Å². The Morgan fingerprint density at radius 1 is 1.25 bits per heavy atom. The maximum atomic E-state index is 12.4. The summed E-state index contributed by atoms with van der Waals surface area (Å²) in [7, 11) is 0. The summed E-state index contributed by atoms with van der Waals surface area (Å²) in [4.78, 5) is 26.5. The minimum Gasteiger partial charge on any atom is -0.396 e. The number of carbonyl (C=O) groups excluding carboxylic acids is 1. The summed E-state index contributed by atoms with van der Waals surface area (Å²) in [5.74, 6) is -0.338. The zero-order chi connectivity index (χ0) is 17.7. The van der Waals surface area contributed by atoms with Gasteiger partial charge in [0.25, 0.3) is 5.91 Å². The largest absolute Gasteiger partial charge is 0.396 e. The smallest absolute Gasteiger partial charge is 0.251 e. The normalized spacial score (nSPS) is 12.7. The van der Waals surface area contributed by atoms with Crippen LogP contribution in [0.15, 0.2) is 47.3 Å². The van der Waals surface area contributed by atoms with Crippen molar-refractivity contribution in [1.82, 2.24) is 10.3 Å². The van der Waals surface area contributed by atoms with Crippen LogP contribution in [0, 0.1) is 12.3 Å². The number of aryl methyl sites for hydroxylation is 1. The molecule has 0 saturated heterocycles. The van der Waals surface area contributed by atoms with Crippen LogP contribution in [0.25, 0.3) is 0 Å². The Kier molecular flexibility index (Phi) is 5.57. The van der Waals surface area contributed by atoms with E-state index < -0.39 is 5.41 Å². The van der Waals surface area contributed by atoms with Gasteiger partial charge in [0, 0.05) is 36.4 Å². The molecule has 0 saturated carbocycles. The fourth-order valence-electron chi connectivity index (χ4n) is 2.75. The lowest BCUT2D eigenvalue weighted by Gasteiger charge is -2.33. The minimum absolute atomic E-state index is 0.00649. The van der Waals surface area contributed by atoms with Gasteiger partial charge in [0.15, 0.2) is 0 Å². The van der Waals surface area contributed by atoms with Crippen LogP contribution in [0.5, 0.6) is 0 Å². The number of nitrogens with one attached hydrogen (secondary N) is 2. The molecule has 1 aromatic heterocycles. The number of amides is 1. The Labute approximate surface area is 141 Å². The molecule has 1 atom stereocenters. The average molecular weight is 328 g/mol. The molecule has 0 fully saturated rings. The first kappa shape index (κ1) is 17.9. The molecule has 3 N–H and O–H groups in total. The maximum Gasteiger partial charge on any atom is 0.251 e. The molecule has 1 amide bonds. The van der Waals surface area contributed by atoms with Crippen molar-refractivity contribution < 1.29 is 9.90 Å². The Bertz CT molecular complexity index is 751. The quantitative estimate of drug-likeness (QED) is 0.760. The van der Waals surface area contributed by atoms with Crippen molar-refractivity contribution in [3.8, 4) is 0 Å². The molecule has 0 aliphatic carbocycles. The van der Waals surface area contributed by atoms with Crippen LogP contribution < -0.4 is 10.9 Å². The number of hydrogen-bond acceptors (Lipinski definition) is 3. The third-order valence-electron chi connectivity index (χ3n) is 4.26. The van der Waals surface area contributed by atoms with Gasteiger partial charge >= 0.3 is 0 Å². The van der Waals surface area contributed by atoms with Gasteiger partial charge in [-0.15, -0.1) is 0 Å². The first-order chi connectivity index (χ1) is 11.3. The first-order valence-corrected chi connectivity index (χ1v) is 7.98. The summed E-state index contributed by atoms with van der Waals surface area (Å²) in [6.07, 6.45) is 0. The second kappa shape index (κ2) is 7.45. The van der Waals surface area contributed by atoms with Crippen LogP contribution in [-0.2, 0) is 0 Å². The summed E-state index contributed by atoms with van der Waals surface area (Å²) >= 11 is 0. The van der Waals surface area contributed by atoms with E-state index in [0.717, 1.165) is 5.56 Å². The summed E-state index contributed by atoms with van der Waals surface area (Å²) in [6.45, 7) is 6.05. The van der Waals surface area contributed by atoms with Gasteiger partial charge in [-0.05, 0) is 24.0 Å². The van der Waals surface area contributed by atoms with E-state index in [0.29, 0.717) is 17.8 Å². The van der Waals surface area contributed by atoms with Crippen molar-refractivity contribution in [2.45, 2.75) is 26.7 Å². The van der Waals surface area contributed by atoms with Crippen LogP contribution in [0.4, 0.5) is 0 Å². The number of aliphatic hydroxyl groups is 1. The van der Waals surface area contributed by atoms with E-state index in [2.05, 4.69) is 10.3 Å². The summed E-state index contributed by atoms with van der Waals surface area (Å²) in [5, 5.41) is 12.6. The summed E-state index contributed by atoms with van der Waals surface area (Å²) < 4.78 is 0. The molecule has 1 heterocycles. The summed E-state index contributed by atoms with van der Waals surface area (Å²) in [5.41, 5.74) is 1.35. The highest BCUT2D eigenvalue weighted by atomic mass is 16.3. The van der Waals surface area contributed by atoms with Gasteiger partial charge in [0.05, 0.1) is 0 Å². The van der Waals surface area contributed by atoms with Gasteiger partial charge in [-0.3, -0.25) is 9.59 Å². The Morgan fingerprint density at radius 2 is 1.92 bits per heavy atom. The molecule has 5 nitrogen and oxygen atoms in total. The van der Waals surface area contributed by atoms with E-state index >= 15 is 0 Å². The minimum atomic E-state index is -0.390. The Hall–Kier alpha value is -2.40. The predicted octanol–water partition coefficient (Wildman–Crippen LogP) is 2.22. The molecule has 128 valence electrons. The standard InChI is InChI=1S/C19H24N2O3/c1-13-9-15(10-17(23)21-13)18(24)20-11-16(19(2,3)12-22)14-7-5-4-6-8-14/h4-10,16,22H,11-12H2,1-3H3,(H,20,24)(H,21,23). The number of hydrogen-bond donors (Lipinski definition) is 3. The Morgan fingerprint density at radius 3 is 2.50 bits per heavy atom. The highest BCUT2D eigenvalue weighted by Crippen LogP contribution is 2.34. The predicted molar refractivity (Wildman–Crippen MR) is 94.2 cm³/mol. The lowest BCUT2D eigenvalue weighted by molar-refractivity contribution is 0.0920. The fraction of sp³-hybridized carbons (Fsp3) is 0.368. The molecule has 0 aliphatic heterocycles. The monoisotopic (exact) mass is 328 g/mol. The number of aromatic amines is 1. The second-order valence-electron chi connectivity index (χ2n) is 6.74. The van der Waals surface area contributed by atoms with Crippen LogP contribution in [-0.4, -0.2) is 29.1 Å². The van der Waals surface area contributed by atoms with Crippen LogP contribution in [0.2, 0.25) is 0 Å². The molecule has 0 aliphatic rings. The number of rotatable bonds is 6. The molecule has 1 unspecified atom stereocenters. The van der Waals surface area contributed by atoms with Crippen molar-refractivity contribution in [2.75, 3.05) is 13.2 Å². The van der Waals surface area contributed by atoms with Gasteiger partial charge in [0.1, 0.15) is 0 Å². The van der Waals surface area contributed by atoms with E-state index in [9.17, 15) is 14.7 Å². The third-order valence-corrected chi connectivity index (χ3v) is 4.26. The summed E-state index contributed by atoms with van der Waals surface area (Å²) in [6, 6.07) is 12.7. The average Bonchev–Trinajstić information content (AvgIpc) is 2.54. The molecule has 0 spiro atoms. The number of carbonyl (C=O) groups is 1. The van der Waals surface area contributed by atoms with Crippen LogP contribution in [0.1, 0.15) is 41.4 Å². The molecule has 24 heavy (non-hydrogen) atoms. The zero-order valence-corrected chi connectivity index (χ0v) is 14.3. The second-order valence-corrected chi connectivity index (χ2v) is 6.74. The third kappa shape index (κ3) is 4.32. The van der Waals surface area contributed by atoms with Crippen LogP contribution >= 0.6 is 0 Å². The highest BCUT2D eigenvalue weighted by Gasteiger charge is 2.30. The Balaban J connectivity index is 2.19. The van der Waals surface area contributed by atoms with Gasteiger partial charge in [-0.25, -0.2) is 0 Å². The van der Waals surface area contributed by atoms with Crippen molar-refractivity contribution in [3.63, 3.8) is 0 Å². The van der Waals surface area contributed by atoms with Gasteiger partial charge < -0.3 is 15.4 Å². The molecule has 0 radical (unpaired) electrons. The van der Waals surface area contributed by atoms with E-state index in [1.165, 1.54) is 6.07 Å². The van der Waals surface area contributed by atoms with Gasteiger partial charge in [-0.2, -0.15) is 0 Å². The van der Waals surface area contributed by atoms with Crippen molar-refractivity contribution in [2.24, 2.45) is 5.41 Å². The first-order valence-electron chi connectivity index (χ1n) is 7.98. The molecule has 0 bridgehead atoms. The van der Waals surface area contributed by atoms with E-state index in [1.54, 1.807) is 13.0 Å². The molecule has 5 heteroatoms.